The van der Waals surface area contributed by atoms with Gasteiger partial charge in [0, 0.05) is 35.1 Å². The predicted molar refractivity (Wildman–Crippen MR) is 57.9 cm³/mol. The number of rotatable bonds is 2. The average molecular weight is 205 g/mol. The Morgan fingerprint density at radius 2 is 2.07 bits per heavy atom. The van der Waals surface area contributed by atoms with Crippen LogP contribution in [0.25, 0.3) is 10.6 Å². The molecule has 2 N–H and O–H groups in total. The van der Waals surface area contributed by atoms with E-state index in [1.54, 1.807) is 23.7 Å². The van der Waals surface area contributed by atoms with E-state index >= 15 is 0 Å². The number of pyridine rings is 1. The van der Waals surface area contributed by atoms with Crippen molar-refractivity contribution in [1.29, 1.82) is 0 Å². The standard InChI is InChI=1S/C10H11N3S/c1-7(11)9-6-13-10(14-9)8-2-4-12-5-3-8/h2-7H,11H2,1H3/t7-/m1/s1. The molecule has 0 unspecified atom stereocenters. The molecule has 72 valence electrons. The molecule has 0 aliphatic rings. The van der Waals surface area contributed by atoms with Gasteiger partial charge in [0.05, 0.1) is 0 Å². The monoisotopic (exact) mass is 205 g/mol. The lowest BCUT2D eigenvalue weighted by atomic mass is 10.3. The minimum absolute atomic E-state index is 0.0584. The highest BCUT2D eigenvalue weighted by Gasteiger charge is 2.06. The van der Waals surface area contributed by atoms with Crippen molar-refractivity contribution in [2.75, 3.05) is 0 Å². The van der Waals surface area contributed by atoms with Gasteiger partial charge in [-0.25, -0.2) is 4.98 Å². The molecule has 2 aromatic heterocycles. The third-order valence-electron chi connectivity index (χ3n) is 1.90. The quantitative estimate of drug-likeness (QED) is 0.818. The smallest absolute Gasteiger partial charge is 0.123 e. The average Bonchev–Trinajstić information content (AvgIpc) is 2.68. The van der Waals surface area contributed by atoms with Gasteiger partial charge in [-0.05, 0) is 19.1 Å². The molecule has 2 rings (SSSR count). The van der Waals surface area contributed by atoms with E-state index in [-0.39, 0.29) is 6.04 Å². The summed E-state index contributed by atoms with van der Waals surface area (Å²) in [5.41, 5.74) is 6.86. The number of thiazole rings is 1. The summed E-state index contributed by atoms with van der Waals surface area (Å²) in [6.07, 6.45) is 5.37. The fourth-order valence-corrected chi connectivity index (χ4v) is 2.00. The fraction of sp³-hybridized carbons (Fsp3) is 0.200. The normalized spacial score (nSPS) is 12.7. The van der Waals surface area contributed by atoms with Crippen LogP contribution >= 0.6 is 11.3 Å². The predicted octanol–water partition coefficient (Wildman–Crippen LogP) is 2.22. The molecule has 0 aliphatic heterocycles. The van der Waals surface area contributed by atoms with Gasteiger partial charge in [0.2, 0.25) is 0 Å². The molecule has 2 heterocycles. The molecule has 0 saturated carbocycles. The van der Waals surface area contributed by atoms with Gasteiger partial charge in [-0.2, -0.15) is 0 Å². The van der Waals surface area contributed by atoms with Crippen molar-refractivity contribution < 1.29 is 0 Å². The summed E-state index contributed by atoms with van der Waals surface area (Å²) in [4.78, 5) is 9.39. The van der Waals surface area contributed by atoms with E-state index in [1.807, 2.05) is 25.3 Å². The molecule has 0 fully saturated rings. The first-order chi connectivity index (χ1) is 6.77. The molecule has 2 aromatic rings. The lowest BCUT2D eigenvalue weighted by Crippen LogP contribution is -2.01. The third-order valence-corrected chi connectivity index (χ3v) is 3.15. The zero-order chi connectivity index (χ0) is 9.97. The molecule has 0 aromatic carbocycles. The van der Waals surface area contributed by atoms with Gasteiger partial charge in [0.15, 0.2) is 0 Å². The number of aromatic nitrogens is 2. The zero-order valence-corrected chi connectivity index (χ0v) is 8.66. The molecule has 1 atom stereocenters. The second-order valence-electron chi connectivity index (χ2n) is 3.09. The van der Waals surface area contributed by atoms with E-state index in [0.717, 1.165) is 15.4 Å². The Kier molecular flexibility index (Phi) is 2.56. The highest BCUT2D eigenvalue weighted by Crippen LogP contribution is 2.26. The van der Waals surface area contributed by atoms with Gasteiger partial charge < -0.3 is 5.73 Å². The largest absolute Gasteiger partial charge is 0.323 e. The van der Waals surface area contributed by atoms with Crippen LogP contribution in [-0.4, -0.2) is 9.97 Å². The van der Waals surface area contributed by atoms with Crippen LogP contribution < -0.4 is 5.73 Å². The lowest BCUT2D eigenvalue weighted by Gasteiger charge is -1.97. The molecule has 0 bridgehead atoms. The van der Waals surface area contributed by atoms with Crippen molar-refractivity contribution in [1.82, 2.24) is 9.97 Å². The van der Waals surface area contributed by atoms with Crippen molar-refractivity contribution in [2.24, 2.45) is 5.73 Å². The second kappa shape index (κ2) is 3.86. The molecule has 3 nitrogen and oxygen atoms in total. The summed E-state index contributed by atoms with van der Waals surface area (Å²) in [7, 11) is 0. The maximum absolute atomic E-state index is 5.76. The Balaban J connectivity index is 2.34. The van der Waals surface area contributed by atoms with E-state index in [9.17, 15) is 0 Å². The molecule has 4 heteroatoms. The Bertz CT molecular complexity index is 408. The van der Waals surface area contributed by atoms with Crippen LogP contribution in [0.1, 0.15) is 17.8 Å². The number of nitrogens with two attached hydrogens (primary N) is 1. The van der Waals surface area contributed by atoms with Crippen LogP contribution in [-0.2, 0) is 0 Å². The molecule has 14 heavy (non-hydrogen) atoms. The Hall–Kier alpha value is -1.26. The molecule has 0 spiro atoms. The molecule has 0 saturated heterocycles. The van der Waals surface area contributed by atoms with E-state index in [1.165, 1.54) is 0 Å². The summed E-state index contributed by atoms with van der Waals surface area (Å²) in [5.74, 6) is 0. The number of hydrogen-bond acceptors (Lipinski definition) is 4. The molecule has 0 aliphatic carbocycles. The van der Waals surface area contributed by atoms with Crippen molar-refractivity contribution in [3.05, 3.63) is 35.6 Å². The van der Waals surface area contributed by atoms with E-state index in [4.69, 9.17) is 5.73 Å². The minimum Gasteiger partial charge on any atom is -0.323 e. The van der Waals surface area contributed by atoms with Crippen LogP contribution in [0, 0.1) is 0 Å². The van der Waals surface area contributed by atoms with E-state index < -0.39 is 0 Å². The summed E-state index contributed by atoms with van der Waals surface area (Å²) in [6, 6.07) is 3.95. The van der Waals surface area contributed by atoms with Gasteiger partial charge in [-0.3, -0.25) is 4.98 Å². The second-order valence-corrected chi connectivity index (χ2v) is 4.15. The first-order valence-corrected chi connectivity index (χ1v) is 5.20. The summed E-state index contributed by atoms with van der Waals surface area (Å²) in [5, 5.41) is 1.000. The first kappa shape index (κ1) is 9.30. The van der Waals surface area contributed by atoms with Crippen molar-refractivity contribution in [3.63, 3.8) is 0 Å². The Labute approximate surface area is 86.6 Å². The summed E-state index contributed by atoms with van der Waals surface area (Å²) < 4.78 is 0. The lowest BCUT2D eigenvalue weighted by molar-refractivity contribution is 0.835. The van der Waals surface area contributed by atoms with Crippen molar-refractivity contribution in [3.8, 4) is 10.6 Å². The van der Waals surface area contributed by atoms with Gasteiger partial charge in [0.25, 0.3) is 0 Å². The number of hydrogen-bond donors (Lipinski definition) is 1. The van der Waals surface area contributed by atoms with Crippen LogP contribution in [0.15, 0.2) is 30.7 Å². The molecular weight excluding hydrogens is 194 g/mol. The third kappa shape index (κ3) is 1.81. The van der Waals surface area contributed by atoms with Crippen LogP contribution in [0.3, 0.4) is 0 Å². The molecule has 0 amide bonds. The van der Waals surface area contributed by atoms with Gasteiger partial charge in [0.1, 0.15) is 5.01 Å². The van der Waals surface area contributed by atoms with E-state index in [2.05, 4.69) is 9.97 Å². The van der Waals surface area contributed by atoms with Crippen molar-refractivity contribution in [2.45, 2.75) is 13.0 Å². The molecule has 0 radical (unpaired) electrons. The zero-order valence-electron chi connectivity index (χ0n) is 7.84. The topological polar surface area (TPSA) is 51.8 Å². The Morgan fingerprint density at radius 3 is 2.64 bits per heavy atom. The maximum Gasteiger partial charge on any atom is 0.123 e. The van der Waals surface area contributed by atoms with Gasteiger partial charge in [-0.15, -0.1) is 11.3 Å². The van der Waals surface area contributed by atoms with Crippen LogP contribution in [0.2, 0.25) is 0 Å². The highest BCUT2D eigenvalue weighted by atomic mass is 32.1. The SMILES string of the molecule is C[C@@H](N)c1cnc(-c2ccncc2)s1. The first-order valence-electron chi connectivity index (χ1n) is 4.39. The summed E-state index contributed by atoms with van der Waals surface area (Å²) in [6.45, 7) is 1.96. The Morgan fingerprint density at radius 1 is 1.36 bits per heavy atom. The molecular formula is C10H11N3S. The fourth-order valence-electron chi connectivity index (χ4n) is 1.13. The van der Waals surface area contributed by atoms with Crippen molar-refractivity contribution >= 4 is 11.3 Å². The maximum atomic E-state index is 5.76. The van der Waals surface area contributed by atoms with Gasteiger partial charge >= 0.3 is 0 Å². The number of nitrogens with zero attached hydrogens (tertiary/aromatic N) is 2. The van der Waals surface area contributed by atoms with Crippen LogP contribution in [0.5, 0.6) is 0 Å². The minimum atomic E-state index is 0.0584. The van der Waals surface area contributed by atoms with Gasteiger partial charge in [-0.1, -0.05) is 0 Å². The summed E-state index contributed by atoms with van der Waals surface area (Å²) >= 11 is 1.63. The van der Waals surface area contributed by atoms with Crippen LogP contribution in [0.4, 0.5) is 0 Å². The highest BCUT2D eigenvalue weighted by molar-refractivity contribution is 7.15. The van der Waals surface area contributed by atoms with E-state index in [0.29, 0.717) is 0 Å².